The first kappa shape index (κ1) is 50.3. The highest BCUT2D eigenvalue weighted by molar-refractivity contribution is 7.99. The van der Waals surface area contributed by atoms with Crippen molar-refractivity contribution in [2.45, 2.75) is 83.6 Å². The normalized spacial score (nSPS) is 19.9. The Morgan fingerprint density at radius 1 is 0.881 bits per heavy atom. The molecule has 0 saturated carbocycles. The van der Waals surface area contributed by atoms with E-state index in [2.05, 4.69) is 16.0 Å². The fourth-order valence-electron chi connectivity index (χ4n) is 5.30. The molecule has 0 radical (unpaired) electrons. The molecule has 2 rings (SSSR count). The molecule has 5 N–H and O–H groups in total. The zero-order valence-electron chi connectivity index (χ0n) is 33.3. The molecule has 5 atom stereocenters. The number of hydrogen-bond donors (Lipinski definition) is 5. The predicted molar refractivity (Wildman–Crippen MR) is 202 cm³/mol. The molecule has 1 aliphatic carbocycles. The lowest BCUT2D eigenvalue weighted by atomic mass is 9.79. The zero-order valence-corrected chi connectivity index (χ0v) is 34.1. The van der Waals surface area contributed by atoms with Gasteiger partial charge >= 0.3 is 30.0 Å². The van der Waals surface area contributed by atoms with Crippen LogP contribution < -0.4 is 16.0 Å². The minimum atomic E-state index is -1.45. The van der Waals surface area contributed by atoms with E-state index in [1.807, 2.05) is 0 Å². The van der Waals surface area contributed by atoms with Gasteiger partial charge in [0.05, 0.1) is 45.1 Å². The van der Waals surface area contributed by atoms with Gasteiger partial charge in [-0.2, -0.15) is 11.8 Å². The number of rotatable bonds is 26. The van der Waals surface area contributed by atoms with Crippen LogP contribution in [0.3, 0.4) is 0 Å². The Labute approximate surface area is 344 Å². The fourth-order valence-corrected chi connectivity index (χ4v) is 6.33. The van der Waals surface area contributed by atoms with Crippen molar-refractivity contribution in [3.05, 3.63) is 12.2 Å². The fraction of sp³-hybridized carbons (Fsp3) is 0.694. The van der Waals surface area contributed by atoms with E-state index in [0.717, 1.165) is 18.7 Å². The van der Waals surface area contributed by atoms with Gasteiger partial charge in [-0.3, -0.25) is 28.8 Å². The molecule has 2 aliphatic rings. The summed E-state index contributed by atoms with van der Waals surface area (Å²) in [7, 11) is 0. The van der Waals surface area contributed by atoms with Crippen molar-refractivity contribution in [3.63, 3.8) is 0 Å². The number of aliphatic hydroxyl groups excluding tert-OH is 1. The van der Waals surface area contributed by atoms with Gasteiger partial charge in [0.15, 0.2) is 0 Å². The van der Waals surface area contributed by atoms with Gasteiger partial charge in [-0.15, -0.1) is 5.06 Å². The minimum Gasteiger partial charge on any atom is -0.480 e. The van der Waals surface area contributed by atoms with Crippen LogP contribution >= 0.6 is 11.8 Å². The molecule has 0 spiro atoms. The number of carbonyl (C=O) groups is 9. The van der Waals surface area contributed by atoms with Crippen LogP contribution in [0.25, 0.3) is 0 Å². The molecule has 0 aromatic rings. The van der Waals surface area contributed by atoms with E-state index in [4.69, 9.17) is 38.4 Å². The number of thioether (sulfide) groups is 1. The van der Waals surface area contributed by atoms with Gasteiger partial charge in [0, 0.05) is 44.7 Å². The average Bonchev–Trinajstić information content (AvgIpc) is 3.48. The van der Waals surface area contributed by atoms with E-state index in [1.54, 1.807) is 19.1 Å². The summed E-state index contributed by atoms with van der Waals surface area (Å²) in [5.74, 6) is -6.17. The van der Waals surface area contributed by atoms with Crippen molar-refractivity contribution in [1.29, 1.82) is 0 Å². The summed E-state index contributed by atoms with van der Waals surface area (Å²) < 4.78 is 31.2. The summed E-state index contributed by atoms with van der Waals surface area (Å²) in [5.41, 5.74) is -1.14. The lowest BCUT2D eigenvalue weighted by Gasteiger charge is -2.30. The second-order valence-corrected chi connectivity index (χ2v) is 14.5. The number of carboxylic acid groups (broad SMARTS) is 1. The molecule has 1 heterocycles. The van der Waals surface area contributed by atoms with E-state index >= 15 is 0 Å². The van der Waals surface area contributed by atoms with Crippen LogP contribution in [0.2, 0.25) is 0 Å². The van der Waals surface area contributed by atoms with Crippen LogP contribution in [-0.4, -0.2) is 164 Å². The molecule has 22 nitrogen and oxygen atoms in total. The molecule has 23 heteroatoms. The van der Waals surface area contributed by atoms with Crippen molar-refractivity contribution in [3.8, 4) is 0 Å². The molecule has 0 bridgehead atoms. The van der Waals surface area contributed by atoms with Crippen molar-refractivity contribution in [1.82, 2.24) is 21.0 Å². The molecular weight excluding hydrogens is 808 g/mol. The Morgan fingerprint density at radius 3 is 2.17 bits per heavy atom. The quantitative estimate of drug-likeness (QED) is 0.0233. The Morgan fingerprint density at radius 2 is 1.54 bits per heavy atom. The number of carboxylic acids is 1. The second kappa shape index (κ2) is 27.0. The molecule has 2 unspecified atom stereocenters. The third kappa shape index (κ3) is 20.1. The number of aliphatic hydroxyl groups is 1. The van der Waals surface area contributed by atoms with Crippen molar-refractivity contribution < 1.29 is 86.6 Å². The zero-order chi connectivity index (χ0) is 43.8. The number of carbonyl (C=O) groups excluding carboxylic acids is 8. The first-order valence-electron chi connectivity index (χ1n) is 18.8. The number of hydrogen-bond acceptors (Lipinski definition) is 18. The molecule has 1 fully saturated rings. The maximum atomic E-state index is 13.5. The molecule has 5 amide bonds. The van der Waals surface area contributed by atoms with Gasteiger partial charge in [-0.25, -0.2) is 14.4 Å². The Balaban J connectivity index is 2.01. The number of nitrogens with zero attached hydrogens (tertiary/aromatic N) is 1. The minimum absolute atomic E-state index is 0.00314. The molecule has 59 heavy (non-hydrogen) atoms. The van der Waals surface area contributed by atoms with Crippen LogP contribution in [0.15, 0.2) is 12.2 Å². The summed E-state index contributed by atoms with van der Waals surface area (Å²) in [5, 5.41) is 26.3. The third-order valence-electron chi connectivity index (χ3n) is 8.46. The molecule has 1 aliphatic heterocycles. The standard InChI is InChI=1S/C36H54N4O18S/c1-23(42)55-19-26(56-24(2)43)21-59-22-28(33(49)38-27(18-41)32(48)37-12-13-52-14-15-53-16-17-54-20-31(46)47)39-35(51)57-25-6-4-5-10-36(3,11-9-25)34(50)58-40-29(44)7-8-30(40)45/h4,6,25-28,41H,5,7-22H2,1-3H3,(H,37,48)(H,38,49)(H,39,51)(H,46,47)/b6-4+/t25?,26-,27+,28+,36?/m1/s1. The van der Waals surface area contributed by atoms with E-state index in [1.165, 1.54) is 6.92 Å². The monoisotopic (exact) mass is 862 g/mol. The largest absolute Gasteiger partial charge is 0.480 e. The number of amides is 5. The highest BCUT2D eigenvalue weighted by atomic mass is 32.2. The summed E-state index contributed by atoms with van der Waals surface area (Å²) in [6.45, 7) is 3.05. The summed E-state index contributed by atoms with van der Waals surface area (Å²) >= 11 is 1.04. The smallest absolute Gasteiger partial charge is 0.408 e. The second-order valence-electron chi connectivity index (χ2n) is 13.4. The first-order valence-corrected chi connectivity index (χ1v) is 19.9. The number of imide groups is 1. The van der Waals surface area contributed by atoms with Gasteiger partial charge < -0.3 is 59.4 Å². The van der Waals surface area contributed by atoms with E-state index in [9.17, 15) is 48.3 Å². The SMILES string of the molecule is CC(=O)OC[C@H](CSC[C@H](NC(=O)OC1/C=C/CCC(C)(C(=O)ON2C(=O)CCC2=O)CC1)C(=O)N[C@@H](CO)C(=O)NCCOCCOCCOCC(=O)O)OC(C)=O. The maximum Gasteiger partial charge on any atom is 0.408 e. The van der Waals surface area contributed by atoms with Crippen LogP contribution in [0.4, 0.5) is 4.79 Å². The van der Waals surface area contributed by atoms with E-state index in [-0.39, 0.29) is 83.4 Å². The number of alkyl carbamates (subject to hydrolysis) is 1. The Kier molecular flexibility index (Phi) is 23.0. The predicted octanol–water partition coefficient (Wildman–Crippen LogP) is -0.851. The number of allylic oxidation sites excluding steroid dienone is 1. The van der Waals surface area contributed by atoms with Gasteiger partial charge in [-0.05, 0) is 38.7 Å². The Hall–Kier alpha value is -4.84. The van der Waals surface area contributed by atoms with Crippen LogP contribution in [0, 0.1) is 5.41 Å². The summed E-state index contributed by atoms with van der Waals surface area (Å²) in [6.07, 6.45) is 1.31. The Bertz CT molecular complexity index is 1480. The van der Waals surface area contributed by atoms with Crippen LogP contribution in [-0.2, 0) is 71.6 Å². The molecule has 1 saturated heterocycles. The molecule has 0 aromatic carbocycles. The average molecular weight is 863 g/mol. The van der Waals surface area contributed by atoms with Crippen LogP contribution in [0.1, 0.15) is 59.3 Å². The molecular formula is C36H54N4O18S. The topological polar surface area (TPSA) is 298 Å². The maximum absolute atomic E-state index is 13.5. The number of hydroxylamine groups is 2. The molecule has 332 valence electrons. The van der Waals surface area contributed by atoms with E-state index < -0.39 is 96.5 Å². The van der Waals surface area contributed by atoms with Crippen molar-refractivity contribution in [2.24, 2.45) is 5.41 Å². The van der Waals surface area contributed by atoms with Gasteiger partial charge in [0.1, 0.15) is 37.5 Å². The number of nitrogens with one attached hydrogen (secondary N) is 3. The van der Waals surface area contributed by atoms with Crippen molar-refractivity contribution in [2.75, 3.05) is 70.9 Å². The van der Waals surface area contributed by atoms with Crippen LogP contribution in [0.5, 0.6) is 0 Å². The lowest BCUT2D eigenvalue weighted by Crippen LogP contribution is -2.56. The number of esters is 2. The summed E-state index contributed by atoms with van der Waals surface area (Å²) in [6, 6.07) is -2.83. The number of ether oxygens (including phenoxy) is 6. The van der Waals surface area contributed by atoms with Gasteiger partial charge in [0.2, 0.25) is 11.8 Å². The van der Waals surface area contributed by atoms with E-state index in [0.29, 0.717) is 17.9 Å². The highest BCUT2D eigenvalue weighted by Crippen LogP contribution is 2.35. The van der Waals surface area contributed by atoms with Crippen molar-refractivity contribution >= 4 is 65.4 Å². The highest BCUT2D eigenvalue weighted by Gasteiger charge is 2.41. The van der Waals surface area contributed by atoms with Gasteiger partial charge in [-0.1, -0.05) is 6.08 Å². The molecule has 0 aromatic heterocycles. The first-order chi connectivity index (χ1) is 28.0. The van der Waals surface area contributed by atoms with Gasteiger partial charge in [0.25, 0.3) is 11.8 Å². The number of aliphatic carboxylic acids is 1. The lowest BCUT2D eigenvalue weighted by molar-refractivity contribution is -0.205. The third-order valence-corrected chi connectivity index (χ3v) is 9.63. The summed E-state index contributed by atoms with van der Waals surface area (Å²) in [4.78, 5) is 115.